The number of hydrogen-bond donors (Lipinski definition) is 2. The standard InChI is InChI=1S/C19H18N6O5S/c1-11-8-15(23-30-11)18(27)22-19-21-14-6-7-24(9-16(14)31-19)10-17(26)20-12-2-4-13(5-3-12)25(28)29/h2-5,8H,6-7,9-10H2,1H3,(H,20,26)(H,21,22,27). The summed E-state index contributed by atoms with van der Waals surface area (Å²) in [6.45, 7) is 3.08. The minimum absolute atomic E-state index is 0.0339. The molecule has 3 aromatic rings. The number of benzene rings is 1. The molecule has 12 heteroatoms. The van der Waals surface area contributed by atoms with E-state index < -0.39 is 4.92 Å². The maximum atomic E-state index is 12.3. The number of nitrogens with zero attached hydrogens (tertiary/aromatic N) is 4. The van der Waals surface area contributed by atoms with Gasteiger partial charge in [-0.1, -0.05) is 5.16 Å². The quantitative estimate of drug-likeness (QED) is 0.438. The fraction of sp³-hybridized carbons (Fsp3) is 0.263. The van der Waals surface area contributed by atoms with Gasteiger partial charge in [0.2, 0.25) is 5.91 Å². The first-order valence-corrected chi connectivity index (χ1v) is 10.2. The summed E-state index contributed by atoms with van der Waals surface area (Å²) >= 11 is 1.37. The van der Waals surface area contributed by atoms with Crippen LogP contribution in [-0.4, -0.2) is 44.9 Å². The summed E-state index contributed by atoms with van der Waals surface area (Å²) in [5.74, 6) is -0.0507. The number of fused-ring (bicyclic) bond motifs is 1. The van der Waals surface area contributed by atoms with Gasteiger partial charge in [0.1, 0.15) is 5.76 Å². The first-order valence-electron chi connectivity index (χ1n) is 9.37. The Morgan fingerprint density at radius 2 is 2.06 bits per heavy atom. The second-order valence-corrected chi connectivity index (χ2v) is 8.06. The fourth-order valence-electron chi connectivity index (χ4n) is 3.14. The molecule has 3 heterocycles. The number of aryl methyl sites for hydroxylation is 1. The van der Waals surface area contributed by atoms with Gasteiger partial charge in [0.15, 0.2) is 10.8 Å². The number of carbonyl (C=O) groups is 2. The van der Waals surface area contributed by atoms with Crippen LogP contribution < -0.4 is 10.6 Å². The Hall–Kier alpha value is -3.64. The first kappa shape index (κ1) is 20.6. The third-order valence-electron chi connectivity index (χ3n) is 4.62. The lowest BCUT2D eigenvalue weighted by Gasteiger charge is -2.25. The fourth-order valence-corrected chi connectivity index (χ4v) is 4.19. The highest BCUT2D eigenvalue weighted by molar-refractivity contribution is 7.15. The number of aromatic nitrogens is 2. The lowest BCUT2D eigenvalue weighted by molar-refractivity contribution is -0.384. The monoisotopic (exact) mass is 442 g/mol. The average molecular weight is 442 g/mol. The van der Waals surface area contributed by atoms with Crippen molar-refractivity contribution in [3.63, 3.8) is 0 Å². The molecule has 0 saturated carbocycles. The molecule has 0 saturated heterocycles. The molecule has 2 aromatic heterocycles. The molecule has 0 fully saturated rings. The van der Waals surface area contributed by atoms with E-state index in [1.165, 1.54) is 35.6 Å². The second kappa shape index (κ2) is 8.62. The van der Waals surface area contributed by atoms with Gasteiger partial charge in [0, 0.05) is 48.3 Å². The molecular weight excluding hydrogens is 424 g/mol. The van der Waals surface area contributed by atoms with Gasteiger partial charge in [0.25, 0.3) is 11.6 Å². The summed E-state index contributed by atoms with van der Waals surface area (Å²) in [4.78, 5) is 42.2. The Bertz CT molecular complexity index is 1140. The number of anilines is 2. The summed E-state index contributed by atoms with van der Waals surface area (Å²) < 4.78 is 4.91. The van der Waals surface area contributed by atoms with E-state index in [2.05, 4.69) is 20.8 Å². The molecule has 1 aliphatic rings. The molecule has 4 rings (SSSR count). The largest absolute Gasteiger partial charge is 0.361 e. The predicted octanol–water partition coefficient (Wildman–Crippen LogP) is 2.60. The van der Waals surface area contributed by atoms with Crippen molar-refractivity contribution in [1.29, 1.82) is 0 Å². The maximum Gasteiger partial charge on any atom is 0.279 e. The van der Waals surface area contributed by atoms with Crippen LogP contribution in [0.3, 0.4) is 0 Å². The summed E-state index contributed by atoms with van der Waals surface area (Å²) in [5, 5.41) is 20.4. The van der Waals surface area contributed by atoms with Crippen molar-refractivity contribution in [3.05, 3.63) is 62.5 Å². The third-order valence-corrected chi connectivity index (χ3v) is 5.62. The molecule has 0 atom stereocenters. The highest BCUT2D eigenvalue weighted by Gasteiger charge is 2.23. The van der Waals surface area contributed by atoms with Crippen molar-refractivity contribution < 1.29 is 19.0 Å². The lowest BCUT2D eigenvalue weighted by Crippen LogP contribution is -2.36. The molecular formula is C19H18N6O5S. The van der Waals surface area contributed by atoms with Gasteiger partial charge in [-0.15, -0.1) is 11.3 Å². The topological polar surface area (TPSA) is 144 Å². The van der Waals surface area contributed by atoms with Crippen molar-refractivity contribution >= 4 is 39.7 Å². The Balaban J connectivity index is 1.32. The van der Waals surface area contributed by atoms with Crippen LogP contribution in [0.25, 0.3) is 0 Å². The summed E-state index contributed by atoms with van der Waals surface area (Å²) in [5.41, 5.74) is 1.56. The summed E-state index contributed by atoms with van der Waals surface area (Å²) in [7, 11) is 0. The van der Waals surface area contributed by atoms with Gasteiger partial charge in [-0.05, 0) is 19.1 Å². The number of hydrogen-bond acceptors (Lipinski definition) is 9. The number of nitro benzene ring substituents is 1. The van der Waals surface area contributed by atoms with Crippen LogP contribution in [0.2, 0.25) is 0 Å². The van der Waals surface area contributed by atoms with E-state index in [-0.39, 0.29) is 29.7 Å². The maximum absolute atomic E-state index is 12.3. The second-order valence-electron chi connectivity index (χ2n) is 6.98. The molecule has 1 aromatic carbocycles. The number of amides is 2. The number of carbonyl (C=O) groups excluding carboxylic acids is 2. The zero-order chi connectivity index (χ0) is 22.0. The minimum Gasteiger partial charge on any atom is -0.361 e. The van der Waals surface area contributed by atoms with Gasteiger partial charge in [0.05, 0.1) is 17.2 Å². The molecule has 31 heavy (non-hydrogen) atoms. The van der Waals surface area contributed by atoms with Crippen molar-refractivity contribution in [2.45, 2.75) is 19.9 Å². The highest BCUT2D eigenvalue weighted by Crippen LogP contribution is 2.28. The Morgan fingerprint density at radius 1 is 1.29 bits per heavy atom. The number of nitrogens with one attached hydrogen (secondary N) is 2. The van der Waals surface area contributed by atoms with E-state index >= 15 is 0 Å². The number of rotatable bonds is 6. The molecule has 0 unspecified atom stereocenters. The molecule has 0 radical (unpaired) electrons. The van der Waals surface area contributed by atoms with E-state index in [4.69, 9.17) is 4.52 Å². The van der Waals surface area contributed by atoms with Crippen LogP contribution in [0.15, 0.2) is 34.9 Å². The Labute approximate surface area is 180 Å². The first-order chi connectivity index (χ1) is 14.9. The predicted molar refractivity (Wildman–Crippen MR) is 112 cm³/mol. The van der Waals surface area contributed by atoms with Gasteiger partial charge in [-0.2, -0.15) is 0 Å². The normalized spacial score (nSPS) is 13.5. The van der Waals surface area contributed by atoms with E-state index in [9.17, 15) is 19.7 Å². The average Bonchev–Trinajstić information content (AvgIpc) is 3.33. The van der Waals surface area contributed by atoms with Gasteiger partial charge in [-0.25, -0.2) is 4.98 Å². The Kier molecular flexibility index (Phi) is 5.73. The van der Waals surface area contributed by atoms with Crippen molar-refractivity contribution in [2.24, 2.45) is 0 Å². The SMILES string of the molecule is Cc1cc(C(=O)Nc2nc3c(s2)CN(CC(=O)Nc2ccc([N+](=O)[O-])cc2)CC3)no1. The van der Waals surface area contributed by atoms with Gasteiger partial charge < -0.3 is 9.84 Å². The lowest BCUT2D eigenvalue weighted by atomic mass is 10.2. The smallest absolute Gasteiger partial charge is 0.279 e. The zero-order valence-corrected chi connectivity index (χ0v) is 17.3. The number of nitro groups is 1. The summed E-state index contributed by atoms with van der Waals surface area (Å²) in [6, 6.07) is 7.23. The van der Waals surface area contributed by atoms with E-state index in [1.54, 1.807) is 13.0 Å². The van der Waals surface area contributed by atoms with Crippen LogP contribution in [0.4, 0.5) is 16.5 Å². The highest BCUT2D eigenvalue weighted by atomic mass is 32.1. The number of thiazole rings is 1. The minimum atomic E-state index is -0.491. The molecule has 0 spiro atoms. The molecule has 11 nitrogen and oxygen atoms in total. The zero-order valence-electron chi connectivity index (χ0n) is 16.5. The molecule has 1 aliphatic heterocycles. The molecule has 160 valence electrons. The molecule has 0 bridgehead atoms. The van der Waals surface area contributed by atoms with Crippen molar-refractivity contribution in [3.8, 4) is 0 Å². The molecule has 2 amide bonds. The molecule has 2 N–H and O–H groups in total. The van der Waals surface area contributed by atoms with E-state index in [1.807, 2.05) is 4.90 Å². The van der Waals surface area contributed by atoms with E-state index in [0.717, 1.165) is 10.6 Å². The summed E-state index contributed by atoms with van der Waals surface area (Å²) in [6.07, 6.45) is 0.662. The molecule has 0 aliphatic carbocycles. The van der Waals surface area contributed by atoms with Crippen molar-refractivity contribution in [2.75, 3.05) is 23.7 Å². The van der Waals surface area contributed by atoms with Crippen LogP contribution in [-0.2, 0) is 17.8 Å². The van der Waals surface area contributed by atoms with Crippen molar-refractivity contribution in [1.82, 2.24) is 15.0 Å². The number of non-ortho nitro benzene ring substituents is 1. The van der Waals surface area contributed by atoms with Gasteiger partial charge >= 0.3 is 0 Å². The van der Waals surface area contributed by atoms with E-state index in [0.29, 0.717) is 36.1 Å². The van der Waals surface area contributed by atoms with Gasteiger partial charge in [-0.3, -0.25) is 29.9 Å². The van der Waals surface area contributed by atoms with Crippen LogP contribution in [0.5, 0.6) is 0 Å². The van der Waals surface area contributed by atoms with Crippen LogP contribution in [0, 0.1) is 17.0 Å². The Morgan fingerprint density at radius 3 is 2.74 bits per heavy atom. The third kappa shape index (κ3) is 4.92. The van der Waals surface area contributed by atoms with Crippen LogP contribution >= 0.6 is 11.3 Å². The van der Waals surface area contributed by atoms with Crippen LogP contribution in [0.1, 0.15) is 26.8 Å².